The summed E-state index contributed by atoms with van der Waals surface area (Å²) in [6.45, 7) is 1.94. The summed E-state index contributed by atoms with van der Waals surface area (Å²) < 4.78 is 27.0. The van der Waals surface area contributed by atoms with Gasteiger partial charge in [0.1, 0.15) is 11.5 Å². The molecule has 0 fully saturated rings. The molecule has 0 unspecified atom stereocenters. The minimum Gasteiger partial charge on any atom is -0.497 e. The Kier molecular flexibility index (Phi) is 5.15. The average molecular weight is 272 g/mol. The fourth-order valence-corrected chi connectivity index (χ4v) is 3.95. The zero-order valence-electron chi connectivity index (χ0n) is 11.7. The third kappa shape index (κ3) is 2.51. The number of hydrogen-bond acceptors (Lipinski definition) is 5. The lowest BCUT2D eigenvalue weighted by Gasteiger charge is -2.27. The van der Waals surface area contributed by atoms with Crippen LogP contribution in [0, 0.1) is 6.92 Å². The molecule has 1 aromatic carbocycles. The molecule has 0 aliphatic heterocycles. The minimum atomic E-state index is -2.89. The van der Waals surface area contributed by atoms with E-state index in [9.17, 15) is 0 Å². The van der Waals surface area contributed by atoms with E-state index in [1.807, 2.05) is 19.1 Å². The van der Waals surface area contributed by atoms with Gasteiger partial charge in [-0.3, -0.25) is 0 Å². The first-order valence-corrected chi connectivity index (χ1v) is 7.19. The predicted molar refractivity (Wildman–Crippen MR) is 70.7 cm³/mol. The van der Waals surface area contributed by atoms with Crippen molar-refractivity contribution in [3.05, 3.63) is 17.7 Å². The van der Waals surface area contributed by atoms with Crippen molar-refractivity contribution in [1.82, 2.24) is 0 Å². The maximum atomic E-state index is 5.49. The fourth-order valence-electron chi connectivity index (χ4n) is 1.89. The monoisotopic (exact) mass is 272 g/mol. The molecule has 5 nitrogen and oxygen atoms in total. The second-order valence-corrected chi connectivity index (χ2v) is 6.55. The first-order valence-electron chi connectivity index (χ1n) is 5.47. The zero-order valence-corrected chi connectivity index (χ0v) is 12.7. The van der Waals surface area contributed by atoms with E-state index in [0.29, 0.717) is 11.5 Å². The van der Waals surface area contributed by atoms with Crippen LogP contribution < -0.4 is 14.7 Å². The Hall–Kier alpha value is -1.08. The smallest absolute Gasteiger partial charge is 0.497 e. The van der Waals surface area contributed by atoms with E-state index in [2.05, 4.69) is 0 Å². The summed E-state index contributed by atoms with van der Waals surface area (Å²) in [5.41, 5.74) is 0.926. The van der Waals surface area contributed by atoms with Crippen molar-refractivity contribution in [3.63, 3.8) is 0 Å². The van der Waals surface area contributed by atoms with E-state index in [0.717, 1.165) is 10.8 Å². The van der Waals surface area contributed by atoms with Crippen molar-refractivity contribution in [2.45, 2.75) is 6.92 Å². The van der Waals surface area contributed by atoms with Crippen LogP contribution in [0.2, 0.25) is 0 Å². The van der Waals surface area contributed by atoms with Crippen LogP contribution in [-0.2, 0) is 13.3 Å². The minimum absolute atomic E-state index is 0.676. The van der Waals surface area contributed by atoms with Gasteiger partial charge in [0.25, 0.3) is 0 Å². The van der Waals surface area contributed by atoms with Crippen LogP contribution >= 0.6 is 0 Å². The first kappa shape index (κ1) is 15.0. The lowest BCUT2D eigenvalue weighted by molar-refractivity contribution is 0.140. The van der Waals surface area contributed by atoms with Crippen molar-refractivity contribution in [3.8, 4) is 11.5 Å². The third-order valence-corrected chi connectivity index (χ3v) is 5.72. The predicted octanol–water partition coefficient (Wildman–Crippen LogP) is 1.10. The van der Waals surface area contributed by atoms with Gasteiger partial charge in [0, 0.05) is 32.6 Å². The Labute approximate surface area is 109 Å². The van der Waals surface area contributed by atoms with Gasteiger partial charge in [0.2, 0.25) is 0 Å². The Morgan fingerprint density at radius 3 is 1.78 bits per heavy atom. The van der Waals surface area contributed by atoms with Crippen molar-refractivity contribution < 1.29 is 22.8 Å². The summed E-state index contributed by atoms with van der Waals surface area (Å²) >= 11 is 0. The molecule has 0 amide bonds. The molecule has 0 N–H and O–H groups in total. The van der Waals surface area contributed by atoms with Gasteiger partial charge in [0.15, 0.2) is 0 Å². The van der Waals surface area contributed by atoms with Gasteiger partial charge in [-0.1, -0.05) is 0 Å². The molecule has 0 saturated carbocycles. The number of hydrogen-bond donors (Lipinski definition) is 0. The molecule has 0 aromatic heterocycles. The van der Waals surface area contributed by atoms with Crippen molar-refractivity contribution in [1.29, 1.82) is 0 Å². The molecule has 0 saturated heterocycles. The highest BCUT2D eigenvalue weighted by Crippen LogP contribution is 2.25. The van der Waals surface area contributed by atoms with Crippen molar-refractivity contribution in [2.24, 2.45) is 0 Å². The van der Waals surface area contributed by atoms with Crippen LogP contribution in [0.15, 0.2) is 12.1 Å². The van der Waals surface area contributed by atoms with Crippen LogP contribution in [0.5, 0.6) is 11.5 Å². The topological polar surface area (TPSA) is 46.2 Å². The van der Waals surface area contributed by atoms with Crippen LogP contribution in [-0.4, -0.2) is 44.4 Å². The molecule has 102 valence electrons. The molecule has 1 rings (SSSR count). The normalized spacial score (nSPS) is 11.4. The van der Waals surface area contributed by atoms with Crippen LogP contribution in [0.25, 0.3) is 0 Å². The zero-order chi connectivity index (χ0) is 13.8. The lowest BCUT2D eigenvalue weighted by Crippen LogP contribution is -2.55. The van der Waals surface area contributed by atoms with Crippen molar-refractivity contribution in [2.75, 3.05) is 35.5 Å². The highest BCUT2D eigenvalue weighted by molar-refractivity contribution is 6.75. The molecule has 1 aromatic rings. The SMILES string of the molecule is COc1cc(OC)c(C)c([Si](OC)(OC)OC)c1. The summed E-state index contributed by atoms with van der Waals surface area (Å²) in [5.74, 6) is 1.39. The number of rotatable bonds is 6. The third-order valence-electron chi connectivity index (χ3n) is 2.93. The quantitative estimate of drug-likeness (QED) is 0.726. The molecular weight excluding hydrogens is 252 g/mol. The Balaban J connectivity index is 3.46. The highest BCUT2D eigenvalue weighted by Gasteiger charge is 2.43. The summed E-state index contributed by atoms with van der Waals surface area (Å²) in [5, 5.41) is 0.839. The van der Waals surface area contributed by atoms with Crippen LogP contribution in [0.1, 0.15) is 5.56 Å². The molecule has 0 heterocycles. The molecule has 18 heavy (non-hydrogen) atoms. The van der Waals surface area contributed by atoms with Gasteiger partial charge in [-0.05, 0) is 18.6 Å². The Morgan fingerprint density at radius 1 is 0.833 bits per heavy atom. The van der Waals surface area contributed by atoms with Gasteiger partial charge in [-0.2, -0.15) is 0 Å². The van der Waals surface area contributed by atoms with Gasteiger partial charge in [0.05, 0.1) is 14.2 Å². The van der Waals surface area contributed by atoms with E-state index >= 15 is 0 Å². The highest BCUT2D eigenvalue weighted by atomic mass is 28.4. The average Bonchev–Trinajstić information content (AvgIpc) is 2.42. The summed E-state index contributed by atoms with van der Waals surface area (Å²) in [6.07, 6.45) is 0. The second-order valence-electron chi connectivity index (χ2n) is 3.67. The van der Waals surface area contributed by atoms with Gasteiger partial charge < -0.3 is 22.8 Å². The van der Waals surface area contributed by atoms with E-state index < -0.39 is 8.80 Å². The number of ether oxygens (including phenoxy) is 2. The summed E-state index contributed by atoms with van der Waals surface area (Å²) in [7, 11) is 5.04. The molecule has 0 spiro atoms. The first-order chi connectivity index (χ1) is 8.58. The summed E-state index contributed by atoms with van der Waals surface area (Å²) in [4.78, 5) is 0. The fraction of sp³-hybridized carbons (Fsp3) is 0.500. The molecule has 0 aliphatic rings. The second kappa shape index (κ2) is 6.19. The maximum Gasteiger partial charge on any atom is 0.536 e. The van der Waals surface area contributed by atoms with E-state index in [1.165, 1.54) is 0 Å². The largest absolute Gasteiger partial charge is 0.536 e. The molecule has 0 radical (unpaired) electrons. The molecule has 6 heteroatoms. The van der Waals surface area contributed by atoms with Gasteiger partial charge >= 0.3 is 8.80 Å². The van der Waals surface area contributed by atoms with Crippen LogP contribution in [0.4, 0.5) is 0 Å². The number of benzene rings is 1. The Bertz CT molecular complexity index is 395. The van der Waals surface area contributed by atoms with Gasteiger partial charge in [-0.25, -0.2) is 0 Å². The van der Waals surface area contributed by atoms with Crippen molar-refractivity contribution >= 4 is 14.0 Å². The molecule has 0 bridgehead atoms. The van der Waals surface area contributed by atoms with E-state index in [1.54, 1.807) is 35.5 Å². The Morgan fingerprint density at radius 2 is 1.39 bits per heavy atom. The molecule has 0 atom stereocenters. The maximum absolute atomic E-state index is 5.49. The van der Waals surface area contributed by atoms with E-state index in [-0.39, 0.29) is 0 Å². The summed E-state index contributed by atoms with van der Waals surface area (Å²) in [6, 6.07) is 3.68. The van der Waals surface area contributed by atoms with Crippen LogP contribution in [0.3, 0.4) is 0 Å². The molecule has 0 aliphatic carbocycles. The standard InChI is InChI=1S/C12H20O5Si/c1-9-11(14-3)7-10(13-2)8-12(9)18(15-4,16-5)17-6/h7-8H,1-6H3. The lowest BCUT2D eigenvalue weighted by atomic mass is 10.2. The van der Waals surface area contributed by atoms with E-state index in [4.69, 9.17) is 22.8 Å². The van der Waals surface area contributed by atoms with Gasteiger partial charge in [-0.15, -0.1) is 0 Å². The number of methoxy groups -OCH3 is 2. The molecular formula is C12H20O5Si.